The predicted octanol–water partition coefficient (Wildman–Crippen LogP) is 7.24. The van der Waals surface area contributed by atoms with Crippen molar-refractivity contribution in [3.63, 3.8) is 0 Å². The smallest absolute Gasteiger partial charge is 0.343 e. The van der Waals surface area contributed by atoms with Gasteiger partial charge in [-0.2, -0.15) is 0 Å². The molecule has 0 saturated heterocycles. The fourth-order valence-corrected chi connectivity index (χ4v) is 3.00. The van der Waals surface area contributed by atoms with E-state index in [1.807, 2.05) is 19.1 Å². The summed E-state index contributed by atoms with van der Waals surface area (Å²) in [7, 11) is 0. The zero-order valence-electron chi connectivity index (χ0n) is 19.1. The molecule has 4 heteroatoms. The van der Waals surface area contributed by atoms with Gasteiger partial charge in [0.15, 0.2) is 0 Å². The number of ether oxygens (including phenoxy) is 3. The average molecular weight is 425 g/mol. The Morgan fingerprint density at radius 1 is 0.871 bits per heavy atom. The summed E-state index contributed by atoms with van der Waals surface area (Å²) in [5.74, 6) is 2.39. The molecule has 2 rings (SSSR count). The van der Waals surface area contributed by atoms with Gasteiger partial charge in [0.25, 0.3) is 0 Å². The molecule has 0 spiro atoms. The van der Waals surface area contributed by atoms with Gasteiger partial charge in [0, 0.05) is 0 Å². The topological polar surface area (TPSA) is 44.8 Å². The van der Waals surface area contributed by atoms with Crippen LogP contribution in [0.1, 0.15) is 69.7 Å². The van der Waals surface area contributed by atoms with Crippen molar-refractivity contribution in [3.05, 3.63) is 66.2 Å². The molecule has 0 bridgehead atoms. The van der Waals surface area contributed by atoms with Crippen molar-refractivity contribution in [3.8, 4) is 17.2 Å². The minimum Gasteiger partial charge on any atom is -0.494 e. The van der Waals surface area contributed by atoms with Gasteiger partial charge < -0.3 is 14.2 Å². The molecule has 2 aromatic carbocycles. The van der Waals surface area contributed by atoms with Crippen LogP contribution in [-0.2, 0) is 0 Å². The molecule has 2 aromatic rings. The Hall–Kier alpha value is -2.75. The maximum atomic E-state index is 12.4. The van der Waals surface area contributed by atoms with Crippen LogP contribution in [0.4, 0.5) is 0 Å². The highest BCUT2D eigenvalue weighted by molar-refractivity contribution is 5.91. The van der Waals surface area contributed by atoms with Crippen LogP contribution in [0.25, 0.3) is 0 Å². The quantitative estimate of drug-likeness (QED) is 0.139. The third-order valence-corrected chi connectivity index (χ3v) is 5.20. The van der Waals surface area contributed by atoms with Crippen molar-refractivity contribution >= 4 is 5.97 Å². The summed E-state index contributed by atoms with van der Waals surface area (Å²) < 4.78 is 16.9. The molecule has 4 nitrogen and oxygen atoms in total. The zero-order chi connectivity index (χ0) is 22.3. The van der Waals surface area contributed by atoms with Gasteiger partial charge >= 0.3 is 5.97 Å². The maximum Gasteiger partial charge on any atom is 0.343 e. The van der Waals surface area contributed by atoms with Crippen molar-refractivity contribution in [2.75, 3.05) is 13.2 Å². The van der Waals surface area contributed by atoms with Gasteiger partial charge in [0.1, 0.15) is 17.2 Å². The normalized spacial score (nSPS) is 12.0. The second kappa shape index (κ2) is 14.3. The average Bonchev–Trinajstić information content (AvgIpc) is 2.80. The Bertz CT molecular complexity index is 778. The highest BCUT2D eigenvalue weighted by atomic mass is 16.5. The molecule has 0 unspecified atom stereocenters. The van der Waals surface area contributed by atoms with Crippen LogP contribution in [0.2, 0.25) is 0 Å². The zero-order valence-corrected chi connectivity index (χ0v) is 19.1. The first-order valence-corrected chi connectivity index (χ1v) is 11.4. The van der Waals surface area contributed by atoms with E-state index in [2.05, 4.69) is 26.0 Å². The Labute approximate surface area is 187 Å². The van der Waals surface area contributed by atoms with E-state index in [0.717, 1.165) is 43.1 Å². The summed E-state index contributed by atoms with van der Waals surface area (Å²) in [6.07, 6.45) is 10.8. The predicted molar refractivity (Wildman–Crippen MR) is 126 cm³/mol. The minimum absolute atomic E-state index is 0.389. The number of esters is 1. The Balaban J connectivity index is 1.73. The lowest BCUT2D eigenvalue weighted by Crippen LogP contribution is -2.08. The van der Waals surface area contributed by atoms with E-state index in [1.165, 1.54) is 12.8 Å². The molecule has 0 aliphatic carbocycles. The van der Waals surface area contributed by atoms with Crippen LogP contribution in [0.15, 0.2) is 60.7 Å². The van der Waals surface area contributed by atoms with Gasteiger partial charge in [-0.1, -0.05) is 32.4 Å². The Morgan fingerprint density at radius 3 is 2.06 bits per heavy atom. The Morgan fingerprint density at radius 2 is 1.45 bits per heavy atom. The first kappa shape index (κ1) is 24.5. The van der Waals surface area contributed by atoms with Crippen LogP contribution in [0, 0.1) is 5.92 Å². The standard InChI is InChI=1S/C27H36O4/c1-4-6-7-8-9-20-29-24-14-12-23(13-15-24)27(28)31-26-18-16-25(17-19-26)30-21-10-11-22(3)5-2/h4,6,12-19,22H,5,7-11,20-21H2,1-3H3/b6-4-/t22-/m0/s1. The van der Waals surface area contributed by atoms with Crippen molar-refractivity contribution in [2.24, 2.45) is 5.92 Å². The number of allylic oxidation sites excluding steroid dienone is 2. The molecule has 1 atom stereocenters. The first-order valence-electron chi connectivity index (χ1n) is 11.4. The van der Waals surface area contributed by atoms with E-state index in [0.29, 0.717) is 24.5 Å². The van der Waals surface area contributed by atoms with Crippen molar-refractivity contribution in [2.45, 2.75) is 59.3 Å². The third kappa shape index (κ3) is 9.73. The number of carbonyl (C=O) groups excluding carboxylic acids is 1. The minimum atomic E-state index is -0.389. The van der Waals surface area contributed by atoms with Gasteiger partial charge in [0.05, 0.1) is 18.8 Å². The van der Waals surface area contributed by atoms with E-state index < -0.39 is 0 Å². The number of unbranched alkanes of at least 4 members (excludes halogenated alkanes) is 2. The van der Waals surface area contributed by atoms with Crippen LogP contribution >= 0.6 is 0 Å². The van der Waals surface area contributed by atoms with E-state index in [-0.39, 0.29) is 5.97 Å². The SMILES string of the molecule is C/C=C\CCCCOc1ccc(C(=O)Oc2ccc(OCCC[C@@H](C)CC)cc2)cc1. The summed E-state index contributed by atoms with van der Waals surface area (Å²) in [5.41, 5.74) is 0.491. The monoisotopic (exact) mass is 424 g/mol. The van der Waals surface area contributed by atoms with Gasteiger partial charge in [-0.3, -0.25) is 0 Å². The highest BCUT2D eigenvalue weighted by Crippen LogP contribution is 2.20. The highest BCUT2D eigenvalue weighted by Gasteiger charge is 2.09. The molecule has 0 aliphatic rings. The van der Waals surface area contributed by atoms with E-state index in [4.69, 9.17) is 14.2 Å². The summed E-state index contributed by atoms with van der Waals surface area (Å²) >= 11 is 0. The lowest BCUT2D eigenvalue weighted by molar-refractivity contribution is 0.0734. The number of carbonyl (C=O) groups is 1. The van der Waals surface area contributed by atoms with E-state index in [1.54, 1.807) is 36.4 Å². The lowest BCUT2D eigenvalue weighted by atomic mass is 10.0. The molecule has 0 radical (unpaired) electrons. The van der Waals surface area contributed by atoms with Crippen LogP contribution in [0.5, 0.6) is 17.2 Å². The number of benzene rings is 2. The van der Waals surface area contributed by atoms with E-state index in [9.17, 15) is 4.79 Å². The molecule has 0 amide bonds. The van der Waals surface area contributed by atoms with Gasteiger partial charge in [0.2, 0.25) is 0 Å². The number of hydrogen-bond donors (Lipinski definition) is 0. The van der Waals surface area contributed by atoms with Gasteiger partial charge in [-0.25, -0.2) is 4.79 Å². The molecule has 0 aromatic heterocycles. The summed E-state index contributed by atoms with van der Waals surface area (Å²) in [4.78, 5) is 12.4. The van der Waals surface area contributed by atoms with Crippen molar-refractivity contribution in [1.82, 2.24) is 0 Å². The molecule has 0 saturated carbocycles. The molecular weight excluding hydrogens is 388 g/mol. The van der Waals surface area contributed by atoms with Gasteiger partial charge in [-0.05, 0) is 93.5 Å². The largest absolute Gasteiger partial charge is 0.494 e. The maximum absolute atomic E-state index is 12.4. The number of rotatable bonds is 14. The number of hydrogen-bond acceptors (Lipinski definition) is 4. The molecular formula is C27H36O4. The Kier molecular flexibility index (Phi) is 11.3. The van der Waals surface area contributed by atoms with Gasteiger partial charge in [-0.15, -0.1) is 0 Å². The van der Waals surface area contributed by atoms with Crippen molar-refractivity contribution < 1.29 is 19.0 Å². The van der Waals surface area contributed by atoms with Crippen LogP contribution in [-0.4, -0.2) is 19.2 Å². The third-order valence-electron chi connectivity index (χ3n) is 5.20. The molecule has 0 fully saturated rings. The summed E-state index contributed by atoms with van der Waals surface area (Å²) in [6.45, 7) is 7.88. The first-order chi connectivity index (χ1) is 15.1. The fourth-order valence-electron chi connectivity index (χ4n) is 3.00. The van der Waals surface area contributed by atoms with E-state index >= 15 is 0 Å². The molecule has 0 heterocycles. The molecule has 0 N–H and O–H groups in total. The molecule has 168 valence electrons. The summed E-state index contributed by atoms with van der Waals surface area (Å²) in [6, 6.07) is 14.2. The second-order valence-electron chi connectivity index (χ2n) is 7.80. The molecule has 0 aliphatic heterocycles. The fraction of sp³-hybridized carbons (Fsp3) is 0.444. The lowest BCUT2D eigenvalue weighted by Gasteiger charge is -2.10. The molecule has 31 heavy (non-hydrogen) atoms. The summed E-state index contributed by atoms with van der Waals surface area (Å²) in [5, 5.41) is 0. The van der Waals surface area contributed by atoms with Crippen LogP contribution < -0.4 is 14.2 Å². The van der Waals surface area contributed by atoms with Crippen LogP contribution in [0.3, 0.4) is 0 Å². The second-order valence-corrected chi connectivity index (χ2v) is 7.80. The van der Waals surface area contributed by atoms with Crippen molar-refractivity contribution in [1.29, 1.82) is 0 Å².